The zero-order chi connectivity index (χ0) is 47.9. The van der Waals surface area contributed by atoms with Crippen molar-refractivity contribution in [2.24, 2.45) is 0 Å². The van der Waals surface area contributed by atoms with Crippen LogP contribution in [0.25, 0.3) is 65.4 Å². The predicted molar refractivity (Wildman–Crippen MR) is 305 cm³/mol. The molecule has 0 radical (unpaired) electrons. The normalized spacial score (nSPS) is 11.1. The van der Waals surface area contributed by atoms with Crippen molar-refractivity contribution in [3.63, 3.8) is 0 Å². The maximum atomic E-state index is 2.37. The molecule has 0 saturated heterocycles. The molecule has 71 heavy (non-hydrogen) atoms. The highest BCUT2D eigenvalue weighted by Gasteiger charge is 2.21. The van der Waals surface area contributed by atoms with E-state index in [2.05, 4.69) is 291 Å². The van der Waals surface area contributed by atoms with Crippen LogP contribution in [0.4, 0.5) is 34.1 Å². The van der Waals surface area contributed by atoms with E-state index in [1.807, 2.05) is 11.3 Å². The Labute approximate surface area is 423 Å². The Kier molecular flexibility index (Phi) is 13.1. The molecular weight excluding hydrogens is 877 g/mol. The molecule has 0 amide bonds. The van der Waals surface area contributed by atoms with Crippen LogP contribution in [0, 0.1) is 0 Å². The van der Waals surface area contributed by atoms with Gasteiger partial charge in [-0.3, -0.25) is 0 Å². The molecule has 0 aliphatic rings. The van der Waals surface area contributed by atoms with Gasteiger partial charge in [0.15, 0.2) is 0 Å². The molecule has 10 aromatic carbocycles. The highest BCUT2D eigenvalue weighted by Crippen LogP contribution is 2.46. The lowest BCUT2D eigenvalue weighted by atomic mass is 9.97. The van der Waals surface area contributed by atoms with Crippen molar-refractivity contribution in [1.82, 2.24) is 0 Å². The summed E-state index contributed by atoms with van der Waals surface area (Å²) in [6, 6.07) is 96.6. The number of hydrogen-bond donors (Lipinski definition) is 0. The van der Waals surface area contributed by atoms with Gasteiger partial charge in [-0.15, -0.1) is 11.3 Å². The molecule has 0 fully saturated rings. The highest BCUT2D eigenvalue weighted by molar-refractivity contribution is 7.19. The summed E-state index contributed by atoms with van der Waals surface area (Å²) in [4.78, 5) is 7.43. The van der Waals surface area contributed by atoms with Gasteiger partial charge in [-0.25, -0.2) is 0 Å². The fourth-order valence-corrected chi connectivity index (χ4v) is 11.4. The van der Waals surface area contributed by atoms with E-state index < -0.39 is 0 Å². The Balaban J connectivity index is 0.919. The SMILES string of the molecule is CCc1c(-c2ccc(N(c3ccc(-c4ccccc4)cc3)c3ccc(-c4ccccc4)cc3)cc2)sc(-c2ccc(N(c3ccc(-c4ccccc4)cc3)c3ccc(-c4ccccc4)cc3)cc2)c1CC. The molecule has 0 aliphatic heterocycles. The summed E-state index contributed by atoms with van der Waals surface area (Å²) in [6.45, 7) is 4.60. The van der Waals surface area contributed by atoms with Gasteiger partial charge >= 0.3 is 0 Å². The average Bonchev–Trinajstić information content (AvgIpc) is 3.84. The second-order valence-electron chi connectivity index (χ2n) is 17.8. The highest BCUT2D eigenvalue weighted by atomic mass is 32.1. The summed E-state index contributed by atoms with van der Waals surface area (Å²) < 4.78 is 0. The van der Waals surface area contributed by atoms with E-state index in [4.69, 9.17) is 0 Å². The number of thiophene rings is 1. The van der Waals surface area contributed by atoms with Crippen LogP contribution >= 0.6 is 11.3 Å². The summed E-state index contributed by atoms with van der Waals surface area (Å²) in [5.74, 6) is 0. The van der Waals surface area contributed by atoms with Crippen LogP contribution in [0.5, 0.6) is 0 Å². The van der Waals surface area contributed by atoms with Crippen molar-refractivity contribution in [3.8, 4) is 65.4 Å². The van der Waals surface area contributed by atoms with E-state index in [-0.39, 0.29) is 0 Å². The minimum Gasteiger partial charge on any atom is -0.311 e. The van der Waals surface area contributed by atoms with E-state index in [0.717, 1.165) is 47.0 Å². The van der Waals surface area contributed by atoms with Crippen LogP contribution in [-0.2, 0) is 12.8 Å². The zero-order valence-corrected chi connectivity index (χ0v) is 40.9. The summed E-state index contributed by atoms with van der Waals surface area (Å²) in [6.07, 6.45) is 1.93. The second-order valence-corrected chi connectivity index (χ2v) is 18.9. The first-order chi connectivity index (χ1) is 35.1. The van der Waals surface area contributed by atoms with Gasteiger partial charge in [0, 0.05) is 43.9 Å². The summed E-state index contributed by atoms with van der Waals surface area (Å²) >= 11 is 1.93. The molecule has 0 atom stereocenters. The summed E-state index contributed by atoms with van der Waals surface area (Å²) in [7, 11) is 0. The van der Waals surface area contributed by atoms with Crippen LogP contribution < -0.4 is 9.80 Å². The van der Waals surface area contributed by atoms with Crippen LogP contribution in [-0.4, -0.2) is 0 Å². The quantitative estimate of drug-likeness (QED) is 0.107. The largest absolute Gasteiger partial charge is 0.311 e. The van der Waals surface area contributed by atoms with Gasteiger partial charge in [0.25, 0.3) is 0 Å². The van der Waals surface area contributed by atoms with Gasteiger partial charge in [0.05, 0.1) is 0 Å². The van der Waals surface area contributed by atoms with Gasteiger partial charge in [-0.05, 0) is 152 Å². The minimum absolute atomic E-state index is 0.966. The monoisotopic (exact) mass is 930 g/mol. The number of rotatable bonds is 14. The average molecular weight is 931 g/mol. The zero-order valence-electron chi connectivity index (χ0n) is 40.1. The Morgan fingerprint density at radius 3 is 0.606 bits per heavy atom. The first-order valence-electron chi connectivity index (χ1n) is 24.7. The van der Waals surface area contributed by atoms with E-state index in [1.54, 1.807) is 0 Å². The lowest BCUT2D eigenvalue weighted by Crippen LogP contribution is -2.09. The van der Waals surface area contributed by atoms with Gasteiger partial charge in [0.2, 0.25) is 0 Å². The van der Waals surface area contributed by atoms with Gasteiger partial charge in [-0.1, -0.05) is 208 Å². The Hall–Kier alpha value is -8.50. The van der Waals surface area contributed by atoms with Crippen molar-refractivity contribution in [2.75, 3.05) is 9.80 Å². The molecule has 0 unspecified atom stereocenters. The Morgan fingerprint density at radius 2 is 0.408 bits per heavy atom. The molecule has 2 nitrogen and oxygen atoms in total. The van der Waals surface area contributed by atoms with Crippen molar-refractivity contribution in [3.05, 3.63) is 278 Å². The molecule has 11 rings (SSSR count). The third-order valence-electron chi connectivity index (χ3n) is 13.5. The van der Waals surface area contributed by atoms with Gasteiger partial charge < -0.3 is 9.80 Å². The van der Waals surface area contributed by atoms with E-state index in [9.17, 15) is 0 Å². The molecule has 1 heterocycles. The molecule has 1 aromatic heterocycles. The topological polar surface area (TPSA) is 6.48 Å². The minimum atomic E-state index is 0.966. The number of benzene rings is 10. The van der Waals surface area contributed by atoms with Crippen molar-refractivity contribution in [2.45, 2.75) is 26.7 Å². The Morgan fingerprint density at radius 1 is 0.225 bits per heavy atom. The van der Waals surface area contributed by atoms with E-state index in [0.29, 0.717) is 0 Å². The van der Waals surface area contributed by atoms with Crippen molar-refractivity contribution >= 4 is 45.5 Å². The molecule has 0 N–H and O–H groups in total. The number of anilines is 6. The first kappa shape index (κ1) is 45.0. The molecule has 0 aliphatic carbocycles. The fourth-order valence-electron chi connectivity index (χ4n) is 9.87. The molecule has 342 valence electrons. The predicted octanol–water partition coefficient (Wildman–Crippen LogP) is 19.8. The van der Waals surface area contributed by atoms with Crippen LogP contribution in [0.15, 0.2) is 267 Å². The smallest absolute Gasteiger partial charge is 0.0462 e. The Bertz CT molecular complexity index is 3060. The fraction of sp³-hybridized carbons (Fsp3) is 0.0588. The first-order valence-corrected chi connectivity index (χ1v) is 25.5. The molecule has 3 heteroatoms. The van der Waals surface area contributed by atoms with Crippen molar-refractivity contribution in [1.29, 1.82) is 0 Å². The van der Waals surface area contributed by atoms with Gasteiger partial charge in [0.1, 0.15) is 0 Å². The van der Waals surface area contributed by atoms with Crippen LogP contribution in [0.1, 0.15) is 25.0 Å². The lowest BCUT2D eigenvalue weighted by Gasteiger charge is -2.26. The standard InChI is InChI=1S/C68H54N2S/c1-3-65-66(4-2)68(58-35-47-64(48-36-58)70(61-41-29-55(30-42-61)51-21-13-7-14-22-51)62-43-31-56(32-44-62)52-23-15-8-16-24-52)71-67(65)57-33-45-63(46-34-57)69(59-37-25-53(26-38-59)49-17-9-5-10-18-49)60-39-27-54(28-40-60)50-19-11-6-12-20-50/h5-48H,3-4H2,1-2H3. The van der Waals surface area contributed by atoms with E-state index >= 15 is 0 Å². The van der Waals surface area contributed by atoms with Gasteiger partial charge in [-0.2, -0.15) is 0 Å². The number of hydrogen-bond acceptors (Lipinski definition) is 3. The summed E-state index contributed by atoms with van der Waals surface area (Å²) in [5.41, 5.74) is 21.7. The van der Waals surface area contributed by atoms with E-state index in [1.165, 1.54) is 76.5 Å². The molecule has 11 aromatic rings. The maximum absolute atomic E-state index is 2.37. The second kappa shape index (κ2) is 20.6. The third-order valence-corrected chi connectivity index (χ3v) is 14.9. The summed E-state index contributed by atoms with van der Waals surface area (Å²) in [5, 5.41) is 0. The van der Waals surface area contributed by atoms with Crippen LogP contribution in [0.3, 0.4) is 0 Å². The van der Waals surface area contributed by atoms with Crippen LogP contribution in [0.2, 0.25) is 0 Å². The number of nitrogens with zero attached hydrogens (tertiary/aromatic N) is 2. The van der Waals surface area contributed by atoms with Crippen molar-refractivity contribution < 1.29 is 0 Å². The maximum Gasteiger partial charge on any atom is 0.0462 e. The molecule has 0 bridgehead atoms. The molecular formula is C68H54N2S. The third kappa shape index (κ3) is 9.49. The molecule has 0 saturated carbocycles. The molecule has 0 spiro atoms. The lowest BCUT2D eigenvalue weighted by molar-refractivity contribution is 1.06.